The van der Waals surface area contributed by atoms with Gasteiger partial charge in [0, 0.05) is 17.7 Å². The molecule has 0 atom stereocenters. The summed E-state index contributed by atoms with van der Waals surface area (Å²) in [5, 5.41) is 2.93. The van der Waals surface area contributed by atoms with E-state index in [1.807, 2.05) is 24.3 Å². The molecule has 1 aromatic carbocycles. The molecule has 1 aliphatic carbocycles. The van der Waals surface area contributed by atoms with E-state index in [-0.39, 0.29) is 5.91 Å². The second-order valence-electron chi connectivity index (χ2n) is 4.98. The van der Waals surface area contributed by atoms with Gasteiger partial charge in [-0.05, 0) is 37.0 Å². The van der Waals surface area contributed by atoms with Gasteiger partial charge in [-0.2, -0.15) is 0 Å². The summed E-state index contributed by atoms with van der Waals surface area (Å²) in [7, 11) is 0. The third-order valence-corrected chi connectivity index (χ3v) is 3.51. The minimum atomic E-state index is 0.107. The molecule has 18 heavy (non-hydrogen) atoms. The summed E-state index contributed by atoms with van der Waals surface area (Å²) >= 11 is 0. The van der Waals surface area contributed by atoms with Crippen LogP contribution in [-0.4, -0.2) is 5.91 Å². The van der Waals surface area contributed by atoms with E-state index < -0.39 is 0 Å². The fraction of sp³-hybridized carbons (Fsp3) is 0.438. The summed E-state index contributed by atoms with van der Waals surface area (Å²) in [6.45, 7) is 0. The smallest absolute Gasteiger partial charge is 0.224 e. The van der Waals surface area contributed by atoms with E-state index in [1.165, 1.54) is 32.1 Å². The van der Waals surface area contributed by atoms with Crippen molar-refractivity contribution in [3.63, 3.8) is 0 Å². The maximum absolute atomic E-state index is 11.9. The van der Waals surface area contributed by atoms with Crippen LogP contribution < -0.4 is 5.32 Å². The number of carbonyl (C=O) groups excluding carboxylic acids is 1. The number of anilines is 1. The molecule has 0 spiro atoms. The van der Waals surface area contributed by atoms with Crippen LogP contribution in [-0.2, 0) is 4.79 Å². The molecule has 1 amide bonds. The predicted molar refractivity (Wildman–Crippen MR) is 74.2 cm³/mol. The Labute approximate surface area is 109 Å². The van der Waals surface area contributed by atoms with Gasteiger partial charge in [0.15, 0.2) is 0 Å². The summed E-state index contributed by atoms with van der Waals surface area (Å²) < 4.78 is 0. The zero-order valence-electron chi connectivity index (χ0n) is 10.6. The van der Waals surface area contributed by atoms with Crippen molar-refractivity contribution in [2.75, 3.05) is 5.32 Å². The Hall–Kier alpha value is -1.75. The molecule has 2 nitrogen and oxygen atoms in total. The highest BCUT2D eigenvalue weighted by Crippen LogP contribution is 2.26. The summed E-state index contributed by atoms with van der Waals surface area (Å²) in [6, 6.07) is 7.43. The second-order valence-corrected chi connectivity index (χ2v) is 4.98. The Balaban J connectivity index is 1.88. The van der Waals surface area contributed by atoms with Crippen LogP contribution in [0.3, 0.4) is 0 Å². The molecule has 1 aliphatic rings. The second kappa shape index (κ2) is 6.26. The topological polar surface area (TPSA) is 29.1 Å². The van der Waals surface area contributed by atoms with Gasteiger partial charge in [-0.25, -0.2) is 0 Å². The normalized spacial score (nSPS) is 15.9. The Kier molecular flexibility index (Phi) is 4.41. The van der Waals surface area contributed by atoms with Gasteiger partial charge in [0.05, 0.1) is 0 Å². The van der Waals surface area contributed by atoms with Crippen LogP contribution in [0.4, 0.5) is 5.69 Å². The van der Waals surface area contributed by atoms with E-state index in [0.29, 0.717) is 12.3 Å². The largest absolute Gasteiger partial charge is 0.326 e. The van der Waals surface area contributed by atoms with Crippen molar-refractivity contribution in [1.29, 1.82) is 0 Å². The molecule has 0 unspecified atom stereocenters. The van der Waals surface area contributed by atoms with Gasteiger partial charge in [-0.1, -0.05) is 31.2 Å². The van der Waals surface area contributed by atoms with Gasteiger partial charge in [0.2, 0.25) is 5.91 Å². The maximum Gasteiger partial charge on any atom is 0.224 e. The molecule has 1 aromatic rings. The first-order valence-corrected chi connectivity index (χ1v) is 6.64. The number of amides is 1. The molecule has 0 radical (unpaired) electrons. The third-order valence-electron chi connectivity index (χ3n) is 3.51. The quantitative estimate of drug-likeness (QED) is 0.805. The lowest BCUT2D eigenvalue weighted by Crippen LogP contribution is -2.18. The Morgan fingerprint density at radius 1 is 1.33 bits per heavy atom. The lowest BCUT2D eigenvalue weighted by atomic mass is 9.87. The summed E-state index contributed by atoms with van der Waals surface area (Å²) in [5.74, 6) is 3.24. The number of benzene rings is 1. The van der Waals surface area contributed by atoms with Crippen molar-refractivity contribution in [3.05, 3.63) is 29.8 Å². The van der Waals surface area contributed by atoms with E-state index >= 15 is 0 Å². The van der Waals surface area contributed by atoms with Crippen molar-refractivity contribution in [2.24, 2.45) is 5.92 Å². The van der Waals surface area contributed by atoms with Gasteiger partial charge < -0.3 is 5.32 Å². The number of hydrogen-bond donors (Lipinski definition) is 1. The van der Waals surface area contributed by atoms with Gasteiger partial charge in [-0.3, -0.25) is 4.79 Å². The minimum absolute atomic E-state index is 0.107. The van der Waals surface area contributed by atoms with Crippen LogP contribution in [0.15, 0.2) is 24.3 Å². The molecule has 0 saturated heterocycles. The molecule has 2 rings (SSSR count). The lowest BCUT2D eigenvalue weighted by molar-refractivity contribution is -0.117. The highest BCUT2D eigenvalue weighted by molar-refractivity contribution is 5.91. The van der Waals surface area contributed by atoms with Crippen LogP contribution in [0.2, 0.25) is 0 Å². The molecular weight excluding hydrogens is 222 g/mol. The average Bonchev–Trinajstić information content (AvgIpc) is 2.40. The highest BCUT2D eigenvalue weighted by Gasteiger charge is 2.16. The molecule has 2 heteroatoms. The molecule has 1 N–H and O–H groups in total. The van der Waals surface area contributed by atoms with Gasteiger partial charge in [0.1, 0.15) is 0 Å². The highest BCUT2D eigenvalue weighted by atomic mass is 16.1. The van der Waals surface area contributed by atoms with Crippen molar-refractivity contribution in [3.8, 4) is 12.3 Å². The van der Waals surface area contributed by atoms with Crippen LogP contribution in [0.5, 0.6) is 0 Å². The molecule has 0 aromatic heterocycles. The predicted octanol–water partition coefficient (Wildman–Crippen LogP) is 3.58. The SMILES string of the molecule is C#Cc1cccc(NC(=O)CC2CCCCC2)c1. The lowest BCUT2D eigenvalue weighted by Gasteiger charge is -2.20. The van der Waals surface area contributed by atoms with Gasteiger partial charge in [0.25, 0.3) is 0 Å². The molecule has 1 saturated carbocycles. The van der Waals surface area contributed by atoms with Gasteiger partial charge in [-0.15, -0.1) is 6.42 Å². The summed E-state index contributed by atoms with van der Waals surface area (Å²) in [5.41, 5.74) is 1.59. The first-order valence-electron chi connectivity index (χ1n) is 6.64. The zero-order chi connectivity index (χ0) is 12.8. The molecule has 0 aliphatic heterocycles. The first kappa shape index (κ1) is 12.7. The monoisotopic (exact) mass is 241 g/mol. The molecule has 94 valence electrons. The van der Waals surface area contributed by atoms with Crippen LogP contribution in [0.25, 0.3) is 0 Å². The number of carbonyl (C=O) groups is 1. The average molecular weight is 241 g/mol. The number of hydrogen-bond acceptors (Lipinski definition) is 1. The van der Waals surface area contributed by atoms with E-state index in [2.05, 4.69) is 11.2 Å². The maximum atomic E-state index is 11.9. The van der Waals surface area contributed by atoms with Crippen molar-refractivity contribution in [2.45, 2.75) is 38.5 Å². The van der Waals surface area contributed by atoms with Crippen molar-refractivity contribution < 1.29 is 4.79 Å². The Morgan fingerprint density at radius 3 is 2.83 bits per heavy atom. The minimum Gasteiger partial charge on any atom is -0.326 e. The van der Waals surface area contributed by atoms with Crippen LogP contribution in [0.1, 0.15) is 44.1 Å². The van der Waals surface area contributed by atoms with Crippen molar-refractivity contribution in [1.82, 2.24) is 0 Å². The summed E-state index contributed by atoms with van der Waals surface area (Å²) in [6.07, 6.45) is 12.2. The standard InChI is InChI=1S/C16H19NO/c1-2-13-9-6-10-15(11-13)17-16(18)12-14-7-4-3-5-8-14/h1,6,9-11,14H,3-5,7-8,12H2,(H,17,18). The fourth-order valence-electron chi connectivity index (χ4n) is 2.55. The van der Waals surface area contributed by atoms with Crippen LogP contribution in [0, 0.1) is 18.3 Å². The third kappa shape index (κ3) is 3.63. The zero-order valence-corrected chi connectivity index (χ0v) is 10.6. The number of nitrogens with one attached hydrogen (secondary N) is 1. The van der Waals surface area contributed by atoms with Crippen LogP contribution >= 0.6 is 0 Å². The Bertz CT molecular complexity index is 452. The molecule has 1 fully saturated rings. The van der Waals surface area contributed by atoms with E-state index in [1.54, 1.807) is 0 Å². The number of rotatable bonds is 3. The first-order chi connectivity index (χ1) is 8.78. The number of terminal acetylenes is 1. The van der Waals surface area contributed by atoms with Crippen molar-refractivity contribution >= 4 is 11.6 Å². The fourth-order valence-corrected chi connectivity index (χ4v) is 2.55. The molecule has 0 bridgehead atoms. The van der Waals surface area contributed by atoms with E-state index in [0.717, 1.165) is 11.3 Å². The van der Waals surface area contributed by atoms with E-state index in [9.17, 15) is 4.79 Å². The summed E-state index contributed by atoms with van der Waals surface area (Å²) in [4.78, 5) is 11.9. The van der Waals surface area contributed by atoms with E-state index in [4.69, 9.17) is 6.42 Å². The van der Waals surface area contributed by atoms with Gasteiger partial charge >= 0.3 is 0 Å². The molecule has 0 heterocycles. The Morgan fingerprint density at radius 2 is 2.11 bits per heavy atom. The molecular formula is C16H19NO.